The molecule has 2 heterocycles. The molecule has 0 amide bonds. The molecule has 4 nitrogen and oxygen atoms in total. The second kappa shape index (κ2) is 4.23. The number of aliphatic hydroxyl groups excluding tert-OH is 1. The summed E-state index contributed by atoms with van der Waals surface area (Å²) in [6, 6.07) is 5.49. The van der Waals surface area contributed by atoms with Crippen LogP contribution in [0, 0.1) is 6.92 Å². The van der Waals surface area contributed by atoms with Crippen LogP contribution in [0.1, 0.15) is 23.2 Å². The minimum Gasteiger partial charge on any atom is -0.380 e. The maximum absolute atomic E-state index is 10.2. The highest BCUT2D eigenvalue weighted by Gasteiger charge is 2.19. The Hall–Kier alpha value is -1.39. The van der Waals surface area contributed by atoms with E-state index in [1.165, 1.54) is 6.20 Å². The molecule has 2 aromatic heterocycles. The van der Waals surface area contributed by atoms with Gasteiger partial charge in [0.2, 0.25) is 0 Å². The van der Waals surface area contributed by atoms with E-state index < -0.39 is 6.10 Å². The molecule has 1 unspecified atom stereocenters. The van der Waals surface area contributed by atoms with Crippen molar-refractivity contribution >= 4 is 11.6 Å². The zero-order chi connectivity index (χ0) is 11.7. The molecule has 0 fully saturated rings. The van der Waals surface area contributed by atoms with Crippen LogP contribution in [0.2, 0.25) is 5.02 Å². The number of hydrogen-bond acceptors (Lipinski definition) is 3. The summed E-state index contributed by atoms with van der Waals surface area (Å²) in [6.07, 6.45) is 0.663. The van der Waals surface area contributed by atoms with Gasteiger partial charge in [0.1, 0.15) is 6.10 Å². The van der Waals surface area contributed by atoms with Gasteiger partial charge in [0.25, 0.3) is 0 Å². The number of rotatable bonds is 2. The molecule has 1 N–H and O–H groups in total. The first-order valence-electron chi connectivity index (χ1n) is 4.88. The molecule has 0 aliphatic heterocycles. The smallest absolute Gasteiger partial charge is 0.139 e. The highest BCUT2D eigenvalue weighted by atomic mass is 35.5. The molecule has 2 aromatic rings. The minimum atomic E-state index is -0.847. The standard InChI is InChI=1S/C11H12ClN3O/c1-7-4-3-5-9(14-7)11(16)10-8(12)6-13-15(10)2/h3-6,11,16H,1-2H3. The van der Waals surface area contributed by atoms with E-state index in [9.17, 15) is 5.11 Å². The van der Waals surface area contributed by atoms with Crippen molar-refractivity contribution in [3.63, 3.8) is 0 Å². The van der Waals surface area contributed by atoms with E-state index in [2.05, 4.69) is 10.1 Å². The van der Waals surface area contributed by atoms with Gasteiger partial charge in [-0.3, -0.25) is 9.67 Å². The Morgan fingerprint density at radius 3 is 2.75 bits per heavy atom. The predicted molar refractivity (Wildman–Crippen MR) is 61.3 cm³/mol. The molecule has 84 valence electrons. The molecule has 5 heteroatoms. The van der Waals surface area contributed by atoms with Crippen LogP contribution in [0.4, 0.5) is 0 Å². The van der Waals surface area contributed by atoms with Crippen LogP contribution in [-0.4, -0.2) is 19.9 Å². The van der Waals surface area contributed by atoms with Crippen LogP contribution in [0.3, 0.4) is 0 Å². The summed E-state index contributed by atoms with van der Waals surface area (Å²) >= 11 is 5.96. The molecule has 0 aliphatic rings. The molecule has 0 radical (unpaired) electrons. The van der Waals surface area contributed by atoms with Gasteiger partial charge in [0.05, 0.1) is 22.6 Å². The third-order valence-electron chi connectivity index (χ3n) is 2.39. The minimum absolute atomic E-state index is 0.443. The van der Waals surface area contributed by atoms with Gasteiger partial charge in [-0.15, -0.1) is 0 Å². The lowest BCUT2D eigenvalue weighted by atomic mass is 10.1. The molecule has 0 spiro atoms. The highest BCUT2D eigenvalue weighted by molar-refractivity contribution is 6.31. The fourth-order valence-electron chi connectivity index (χ4n) is 1.58. The Kier molecular flexibility index (Phi) is 2.94. The molecule has 2 rings (SSSR count). The van der Waals surface area contributed by atoms with Crippen LogP contribution in [0.5, 0.6) is 0 Å². The summed E-state index contributed by atoms with van der Waals surface area (Å²) in [4.78, 5) is 4.26. The van der Waals surface area contributed by atoms with E-state index in [-0.39, 0.29) is 0 Å². The predicted octanol–water partition coefficient (Wildman–Crippen LogP) is 1.86. The van der Waals surface area contributed by atoms with Crippen molar-refractivity contribution in [2.24, 2.45) is 7.05 Å². The van der Waals surface area contributed by atoms with Crippen LogP contribution in [-0.2, 0) is 7.05 Å². The van der Waals surface area contributed by atoms with Crippen LogP contribution < -0.4 is 0 Å². The van der Waals surface area contributed by atoms with E-state index in [1.54, 1.807) is 17.8 Å². The number of hydrogen-bond donors (Lipinski definition) is 1. The molecule has 0 aliphatic carbocycles. The average Bonchev–Trinajstić information content (AvgIpc) is 2.58. The highest BCUT2D eigenvalue weighted by Crippen LogP contribution is 2.26. The van der Waals surface area contributed by atoms with Crippen LogP contribution in [0.15, 0.2) is 24.4 Å². The van der Waals surface area contributed by atoms with E-state index in [0.29, 0.717) is 16.4 Å². The fraction of sp³-hybridized carbons (Fsp3) is 0.273. The maximum atomic E-state index is 10.2. The van der Waals surface area contributed by atoms with Crippen molar-refractivity contribution in [2.45, 2.75) is 13.0 Å². The molecule has 0 bridgehead atoms. The Bertz CT molecular complexity index is 490. The van der Waals surface area contributed by atoms with Crippen molar-refractivity contribution in [3.05, 3.63) is 46.5 Å². The van der Waals surface area contributed by atoms with Gasteiger partial charge in [-0.1, -0.05) is 17.7 Å². The molecule has 0 saturated heterocycles. The van der Waals surface area contributed by atoms with Crippen molar-refractivity contribution in [3.8, 4) is 0 Å². The Morgan fingerprint density at radius 1 is 1.44 bits per heavy atom. The Morgan fingerprint density at radius 2 is 2.19 bits per heavy atom. The van der Waals surface area contributed by atoms with Crippen molar-refractivity contribution in [2.75, 3.05) is 0 Å². The zero-order valence-electron chi connectivity index (χ0n) is 9.05. The summed E-state index contributed by atoms with van der Waals surface area (Å²) in [5.74, 6) is 0. The van der Waals surface area contributed by atoms with Gasteiger partial charge in [-0.05, 0) is 19.1 Å². The summed E-state index contributed by atoms with van der Waals surface area (Å²) in [5.41, 5.74) is 1.99. The van der Waals surface area contributed by atoms with Gasteiger partial charge in [-0.2, -0.15) is 5.10 Å². The lowest BCUT2D eigenvalue weighted by Crippen LogP contribution is -2.09. The monoisotopic (exact) mass is 237 g/mol. The quantitative estimate of drug-likeness (QED) is 0.868. The molecule has 1 atom stereocenters. The van der Waals surface area contributed by atoms with Crippen LogP contribution >= 0.6 is 11.6 Å². The van der Waals surface area contributed by atoms with Gasteiger partial charge >= 0.3 is 0 Å². The van der Waals surface area contributed by atoms with Gasteiger partial charge < -0.3 is 5.11 Å². The first kappa shape index (κ1) is 11.1. The number of aryl methyl sites for hydroxylation is 2. The van der Waals surface area contributed by atoms with Crippen molar-refractivity contribution in [1.82, 2.24) is 14.8 Å². The molecule has 16 heavy (non-hydrogen) atoms. The number of halogens is 1. The van der Waals surface area contributed by atoms with E-state index in [4.69, 9.17) is 11.6 Å². The number of pyridine rings is 1. The molecular formula is C11H12ClN3O. The van der Waals surface area contributed by atoms with Gasteiger partial charge in [0, 0.05) is 12.7 Å². The number of nitrogens with zero attached hydrogens (tertiary/aromatic N) is 3. The van der Waals surface area contributed by atoms with Crippen LogP contribution in [0.25, 0.3) is 0 Å². The Labute approximate surface area is 98.5 Å². The Balaban J connectivity index is 2.43. The third-order valence-corrected chi connectivity index (χ3v) is 2.68. The van der Waals surface area contributed by atoms with E-state index in [0.717, 1.165) is 5.69 Å². The molecule has 0 saturated carbocycles. The first-order chi connectivity index (χ1) is 7.59. The maximum Gasteiger partial charge on any atom is 0.139 e. The summed E-state index contributed by atoms with van der Waals surface area (Å²) in [7, 11) is 1.74. The SMILES string of the molecule is Cc1cccc(C(O)c2c(Cl)cnn2C)n1. The lowest BCUT2D eigenvalue weighted by Gasteiger charge is -2.11. The van der Waals surface area contributed by atoms with E-state index >= 15 is 0 Å². The topological polar surface area (TPSA) is 50.9 Å². The first-order valence-corrected chi connectivity index (χ1v) is 5.26. The normalized spacial score (nSPS) is 12.8. The fourth-order valence-corrected chi connectivity index (χ4v) is 1.85. The lowest BCUT2D eigenvalue weighted by molar-refractivity contribution is 0.205. The largest absolute Gasteiger partial charge is 0.380 e. The second-order valence-electron chi connectivity index (χ2n) is 3.61. The zero-order valence-corrected chi connectivity index (χ0v) is 9.81. The summed E-state index contributed by atoms with van der Waals surface area (Å²) in [6.45, 7) is 1.88. The van der Waals surface area contributed by atoms with E-state index in [1.807, 2.05) is 19.1 Å². The number of aromatic nitrogens is 3. The van der Waals surface area contributed by atoms with Crippen molar-refractivity contribution in [1.29, 1.82) is 0 Å². The molecule has 0 aromatic carbocycles. The second-order valence-corrected chi connectivity index (χ2v) is 4.01. The summed E-state index contributed by atoms with van der Waals surface area (Å²) < 4.78 is 1.55. The molecular weight excluding hydrogens is 226 g/mol. The van der Waals surface area contributed by atoms with Gasteiger partial charge in [-0.25, -0.2) is 0 Å². The van der Waals surface area contributed by atoms with Crippen molar-refractivity contribution < 1.29 is 5.11 Å². The summed E-state index contributed by atoms with van der Waals surface area (Å²) in [5, 5.41) is 14.6. The average molecular weight is 238 g/mol. The third kappa shape index (κ3) is 1.94. The van der Waals surface area contributed by atoms with Gasteiger partial charge in [0.15, 0.2) is 0 Å². The number of aliphatic hydroxyl groups is 1.